The van der Waals surface area contributed by atoms with E-state index in [-0.39, 0.29) is 12.3 Å². The molecule has 1 aliphatic carbocycles. The monoisotopic (exact) mass is 505 g/mol. The van der Waals surface area contributed by atoms with Crippen LogP contribution in [0, 0.1) is 5.92 Å². The van der Waals surface area contributed by atoms with Crippen molar-refractivity contribution in [1.82, 2.24) is 5.06 Å². The summed E-state index contributed by atoms with van der Waals surface area (Å²) >= 11 is 0. The molecular weight excluding hydrogens is 474 g/mol. The normalized spacial score (nSPS) is 25.6. The van der Waals surface area contributed by atoms with Crippen molar-refractivity contribution in [3.63, 3.8) is 0 Å². The Morgan fingerprint density at radius 3 is 2.22 bits per heavy atom. The van der Waals surface area contributed by atoms with E-state index in [0.717, 1.165) is 5.56 Å². The number of amides is 1. The molecule has 8 heteroatoms. The van der Waals surface area contributed by atoms with E-state index in [1.54, 1.807) is 33.4 Å². The first kappa shape index (κ1) is 24.9. The van der Waals surface area contributed by atoms with Crippen LogP contribution >= 0.6 is 0 Å². The molecule has 1 amide bonds. The van der Waals surface area contributed by atoms with Crippen LogP contribution < -0.4 is 18.9 Å². The van der Waals surface area contributed by atoms with Gasteiger partial charge in [0.25, 0.3) is 0 Å². The van der Waals surface area contributed by atoms with Crippen LogP contribution in [0.5, 0.6) is 23.0 Å². The maximum absolute atomic E-state index is 13.7. The number of nitrogens with zero attached hydrogens (tertiary/aromatic N) is 1. The van der Waals surface area contributed by atoms with Crippen LogP contribution in [0.4, 0.5) is 0 Å². The molecule has 4 atom stereocenters. The molecule has 1 aliphatic heterocycles. The molecule has 0 radical (unpaired) electrons. The zero-order chi connectivity index (χ0) is 26.4. The van der Waals surface area contributed by atoms with Crippen LogP contribution in [0.2, 0.25) is 0 Å². The van der Waals surface area contributed by atoms with E-state index in [2.05, 4.69) is 0 Å². The van der Waals surface area contributed by atoms with Crippen molar-refractivity contribution >= 4 is 5.91 Å². The van der Waals surface area contributed by atoms with Gasteiger partial charge in [0, 0.05) is 25.1 Å². The third-order valence-electron chi connectivity index (χ3n) is 7.73. The fraction of sp³-hybridized carbons (Fsp3) is 0.345. The number of rotatable bonds is 7. The lowest BCUT2D eigenvalue weighted by Crippen LogP contribution is -2.48. The van der Waals surface area contributed by atoms with Crippen molar-refractivity contribution in [2.24, 2.45) is 5.92 Å². The van der Waals surface area contributed by atoms with Crippen LogP contribution in [0.15, 0.2) is 66.7 Å². The summed E-state index contributed by atoms with van der Waals surface area (Å²) in [5.74, 6) is 0.574. The number of ether oxygens (including phenoxy) is 4. The molecule has 0 bridgehead atoms. The minimum absolute atomic E-state index is 0.0841. The Morgan fingerprint density at radius 2 is 1.62 bits per heavy atom. The smallest absolute Gasteiger partial charge is 0.249 e. The number of hydrogen-bond donors (Lipinski definition) is 1. The number of aliphatic hydroxyl groups is 1. The van der Waals surface area contributed by atoms with E-state index in [4.69, 9.17) is 23.8 Å². The highest BCUT2D eigenvalue weighted by Crippen LogP contribution is 2.70. The molecule has 3 unspecified atom stereocenters. The third-order valence-corrected chi connectivity index (χ3v) is 7.73. The highest BCUT2D eigenvalue weighted by molar-refractivity contribution is 5.81. The third kappa shape index (κ3) is 3.54. The number of hydroxylamine groups is 2. The van der Waals surface area contributed by atoms with E-state index in [9.17, 15) is 9.90 Å². The van der Waals surface area contributed by atoms with Gasteiger partial charge >= 0.3 is 0 Å². The van der Waals surface area contributed by atoms with Gasteiger partial charge in [-0.25, -0.2) is 5.06 Å². The van der Waals surface area contributed by atoms with Crippen molar-refractivity contribution in [2.75, 3.05) is 35.5 Å². The Morgan fingerprint density at radius 1 is 0.946 bits per heavy atom. The van der Waals surface area contributed by atoms with E-state index < -0.39 is 23.0 Å². The summed E-state index contributed by atoms with van der Waals surface area (Å²) in [6.45, 7) is 0. The predicted octanol–water partition coefficient (Wildman–Crippen LogP) is 4.01. The molecule has 0 saturated heterocycles. The maximum Gasteiger partial charge on any atom is 0.249 e. The lowest BCUT2D eigenvalue weighted by molar-refractivity contribution is -0.174. The standard InChI is InChI=1S/C29H31NO7/c1-30(36-5)27(31)22-17-28(32)26-23(35-4)15-21(34-3)16-24(26)37-29(28,19-11-13-20(33-2)14-12-19)25(22)18-9-7-6-8-10-18/h6-16,22,25,32H,17H2,1-5H3/t22-,25?,28?,29?/m0/s1. The molecule has 1 saturated carbocycles. The molecule has 1 heterocycles. The predicted molar refractivity (Wildman–Crippen MR) is 136 cm³/mol. The lowest BCUT2D eigenvalue weighted by Gasteiger charge is -2.41. The molecule has 0 spiro atoms. The average Bonchev–Trinajstić information content (AvgIpc) is 3.35. The summed E-state index contributed by atoms with van der Waals surface area (Å²) in [6, 6.07) is 20.5. The molecule has 2 aliphatic rings. The summed E-state index contributed by atoms with van der Waals surface area (Å²) in [4.78, 5) is 19.0. The van der Waals surface area contributed by atoms with Crippen LogP contribution in [-0.4, -0.2) is 51.6 Å². The van der Waals surface area contributed by atoms with Gasteiger partial charge in [-0.3, -0.25) is 9.63 Å². The first-order chi connectivity index (χ1) is 17.8. The second-order valence-electron chi connectivity index (χ2n) is 9.35. The lowest BCUT2D eigenvalue weighted by atomic mass is 9.70. The summed E-state index contributed by atoms with van der Waals surface area (Å²) < 4.78 is 23.5. The van der Waals surface area contributed by atoms with E-state index in [1.807, 2.05) is 54.6 Å². The van der Waals surface area contributed by atoms with Crippen molar-refractivity contribution in [3.8, 4) is 23.0 Å². The minimum Gasteiger partial charge on any atom is -0.497 e. The molecule has 3 aromatic rings. The molecule has 3 aromatic carbocycles. The number of fused-ring (bicyclic) bond motifs is 3. The number of carbonyl (C=O) groups is 1. The van der Waals surface area contributed by atoms with E-state index in [1.165, 1.54) is 19.3 Å². The first-order valence-electron chi connectivity index (χ1n) is 12.0. The van der Waals surface area contributed by atoms with Gasteiger partial charge in [-0.05, 0) is 29.7 Å². The molecule has 37 heavy (non-hydrogen) atoms. The number of benzene rings is 3. The van der Waals surface area contributed by atoms with Crippen molar-refractivity contribution in [3.05, 3.63) is 83.4 Å². The van der Waals surface area contributed by atoms with Crippen molar-refractivity contribution in [1.29, 1.82) is 0 Å². The Bertz CT molecular complexity index is 1300. The summed E-state index contributed by atoms with van der Waals surface area (Å²) in [5.41, 5.74) is -0.933. The van der Waals surface area contributed by atoms with Crippen molar-refractivity contribution in [2.45, 2.75) is 23.5 Å². The Hall–Kier alpha value is -3.75. The Balaban J connectivity index is 1.83. The Kier molecular flexibility index (Phi) is 6.25. The zero-order valence-electron chi connectivity index (χ0n) is 21.6. The van der Waals surface area contributed by atoms with Gasteiger partial charge in [-0.2, -0.15) is 0 Å². The minimum atomic E-state index is -1.62. The average molecular weight is 506 g/mol. The van der Waals surface area contributed by atoms with Gasteiger partial charge in [0.05, 0.1) is 39.9 Å². The second kappa shape index (κ2) is 9.28. The van der Waals surface area contributed by atoms with Crippen LogP contribution in [0.1, 0.15) is 29.0 Å². The molecule has 194 valence electrons. The highest BCUT2D eigenvalue weighted by Gasteiger charge is 2.73. The summed E-state index contributed by atoms with van der Waals surface area (Å²) in [6.07, 6.45) is 0.0841. The molecule has 1 N–H and O–H groups in total. The van der Waals surface area contributed by atoms with Gasteiger partial charge in [0.1, 0.15) is 28.6 Å². The number of carbonyl (C=O) groups excluding carboxylic acids is 1. The topological polar surface area (TPSA) is 86.7 Å². The summed E-state index contributed by atoms with van der Waals surface area (Å²) in [7, 11) is 7.72. The van der Waals surface area contributed by atoms with Gasteiger partial charge in [0.15, 0.2) is 5.60 Å². The fourth-order valence-corrected chi connectivity index (χ4v) is 6.07. The molecule has 1 fully saturated rings. The van der Waals surface area contributed by atoms with Gasteiger partial charge < -0.3 is 24.1 Å². The second-order valence-corrected chi connectivity index (χ2v) is 9.35. The van der Waals surface area contributed by atoms with Crippen LogP contribution in [0.25, 0.3) is 0 Å². The van der Waals surface area contributed by atoms with Crippen LogP contribution in [-0.2, 0) is 20.8 Å². The van der Waals surface area contributed by atoms with Gasteiger partial charge in [0.2, 0.25) is 5.91 Å². The maximum atomic E-state index is 13.7. The molecule has 0 aromatic heterocycles. The quantitative estimate of drug-likeness (QED) is 0.486. The largest absolute Gasteiger partial charge is 0.497 e. The number of methoxy groups -OCH3 is 3. The molecule has 5 rings (SSSR count). The first-order valence-corrected chi connectivity index (χ1v) is 12.0. The molecule has 8 nitrogen and oxygen atoms in total. The Labute approximate surface area is 216 Å². The van der Waals surface area contributed by atoms with Gasteiger partial charge in [-0.15, -0.1) is 0 Å². The van der Waals surface area contributed by atoms with Crippen LogP contribution in [0.3, 0.4) is 0 Å². The van der Waals surface area contributed by atoms with Gasteiger partial charge in [-0.1, -0.05) is 42.5 Å². The highest BCUT2D eigenvalue weighted by atomic mass is 16.7. The van der Waals surface area contributed by atoms with E-state index in [0.29, 0.717) is 34.1 Å². The van der Waals surface area contributed by atoms with Crippen molar-refractivity contribution < 1.29 is 33.7 Å². The van der Waals surface area contributed by atoms with E-state index >= 15 is 0 Å². The summed E-state index contributed by atoms with van der Waals surface area (Å²) in [5, 5.41) is 14.0. The SMILES string of the molecule is COc1ccc(C23Oc4cc(OC)cc(OC)c4C2(O)C[C@H](C(=O)N(C)OC)C3c2ccccc2)cc1. The zero-order valence-corrected chi connectivity index (χ0v) is 21.6. The molecular formula is C29H31NO7. The number of hydrogen-bond acceptors (Lipinski definition) is 7. The fourth-order valence-electron chi connectivity index (χ4n) is 6.07.